The molecule has 1 heterocycles. The number of aliphatic imine (C=N–C) groups is 1. The van der Waals surface area contributed by atoms with Gasteiger partial charge in [-0.15, -0.1) is 35.3 Å². The molecule has 0 saturated heterocycles. The van der Waals surface area contributed by atoms with Crippen LogP contribution in [0.15, 0.2) is 22.5 Å². The number of likely N-dealkylation sites (N-methyl/N-ethyl adjacent to an activating group) is 1. The van der Waals surface area contributed by atoms with Gasteiger partial charge in [0, 0.05) is 38.5 Å². The minimum Gasteiger partial charge on any atom is -0.462 e. The van der Waals surface area contributed by atoms with Crippen molar-refractivity contribution < 1.29 is 9.53 Å². The monoisotopic (exact) mass is 479 g/mol. The normalized spacial score (nSPS) is 14.9. The number of hydrogen-bond acceptors (Lipinski definition) is 4. The van der Waals surface area contributed by atoms with E-state index < -0.39 is 0 Å². The fraction of sp³-hybridized carbons (Fsp3) is 0.667. The summed E-state index contributed by atoms with van der Waals surface area (Å²) in [7, 11) is 3.83. The van der Waals surface area contributed by atoms with Gasteiger partial charge in [0.2, 0.25) is 0 Å². The third-order valence-corrected chi connectivity index (χ3v) is 5.22. The van der Waals surface area contributed by atoms with E-state index in [1.165, 1.54) is 17.7 Å². The van der Waals surface area contributed by atoms with E-state index in [-0.39, 0.29) is 36.0 Å². The van der Waals surface area contributed by atoms with Crippen LogP contribution in [0.2, 0.25) is 0 Å². The van der Waals surface area contributed by atoms with Crippen LogP contribution in [0.1, 0.15) is 43.4 Å². The molecular weight excluding hydrogens is 449 g/mol. The molecule has 0 spiro atoms. The predicted molar refractivity (Wildman–Crippen MR) is 115 cm³/mol. The molecule has 1 aliphatic carbocycles. The van der Waals surface area contributed by atoms with Gasteiger partial charge in [0.25, 0.3) is 0 Å². The van der Waals surface area contributed by atoms with Crippen molar-refractivity contribution in [3.8, 4) is 0 Å². The van der Waals surface area contributed by atoms with E-state index in [4.69, 9.17) is 4.74 Å². The Balaban J connectivity index is 0.00000312. The summed E-state index contributed by atoms with van der Waals surface area (Å²) in [4.78, 5) is 19.6. The molecule has 1 aromatic rings. The van der Waals surface area contributed by atoms with E-state index in [1.54, 1.807) is 18.4 Å². The number of esters is 1. The highest BCUT2D eigenvalue weighted by molar-refractivity contribution is 14.0. The Morgan fingerprint density at radius 3 is 2.84 bits per heavy atom. The van der Waals surface area contributed by atoms with Crippen LogP contribution in [0, 0.1) is 0 Å². The number of hydrogen-bond donors (Lipinski definition) is 1. The van der Waals surface area contributed by atoms with E-state index >= 15 is 0 Å². The molecule has 0 radical (unpaired) electrons. The maximum atomic E-state index is 11.8. The van der Waals surface area contributed by atoms with Crippen LogP contribution in [0.25, 0.3) is 0 Å². The van der Waals surface area contributed by atoms with Crippen molar-refractivity contribution in [3.63, 3.8) is 0 Å². The lowest BCUT2D eigenvalue weighted by molar-refractivity contribution is -0.148. The zero-order chi connectivity index (χ0) is 17.2. The molecule has 7 heteroatoms. The van der Waals surface area contributed by atoms with Crippen LogP contribution < -0.4 is 5.32 Å². The molecule has 5 nitrogen and oxygen atoms in total. The third-order valence-electron chi connectivity index (χ3n) is 4.29. The Bertz CT molecular complexity index is 516. The van der Waals surface area contributed by atoms with E-state index in [2.05, 4.69) is 32.7 Å². The molecule has 0 bridgehead atoms. The van der Waals surface area contributed by atoms with Gasteiger partial charge in [0.1, 0.15) is 6.10 Å². The first kappa shape index (κ1) is 22.2. The summed E-state index contributed by atoms with van der Waals surface area (Å²) >= 11 is 1.78. The Labute approximate surface area is 172 Å². The lowest BCUT2D eigenvalue weighted by Gasteiger charge is -2.21. The summed E-state index contributed by atoms with van der Waals surface area (Å²) in [5, 5.41) is 5.42. The molecule has 1 aromatic heterocycles. The van der Waals surface area contributed by atoms with Crippen LogP contribution in [0.5, 0.6) is 0 Å². The molecule has 0 unspecified atom stereocenters. The first-order valence-corrected chi connectivity index (χ1v) is 9.70. The second-order valence-corrected chi connectivity index (χ2v) is 7.26. The summed E-state index contributed by atoms with van der Waals surface area (Å²) in [5.74, 6) is 0.806. The van der Waals surface area contributed by atoms with Gasteiger partial charge in [0.15, 0.2) is 5.96 Å². The average molecular weight is 479 g/mol. The number of guanidine groups is 1. The molecule has 0 aromatic carbocycles. The molecular formula is C18H30IN3O2S. The van der Waals surface area contributed by atoms with Crippen LogP contribution in [0.3, 0.4) is 0 Å². The molecule has 0 atom stereocenters. The quantitative estimate of drug-likeness (QED) is 0.203. The Morgan fingerprint density at radius 2 is 2.20 bits per heavy atom. The lowest BCUT2D eigenvalue weighted by atomic mass is 10.3. The highest BCUT2D eigenvalue weighted by Gasteiger charge is 2.18. The molecule has 1 aliphatic rings. The zero-order valence-corrected chi connectivity index (χ0v) is 18.3. The molecule has 0 amide bonds. The van der Waals surface area contributed by atoms with Crippen molar-refractivity contribution in [1.82, 2.24) is 10.2 Å². The zero-order valence-electron chi connectivity index (χ0n) is 15.2. The molecule has 142 valence electrons. The minimum atomic E-state index is -0.0651. The Morgan fingerprint density at radius 1 is 1.44 bits per heavy atom. The van der Waals surface area contributed by atoms with Gasteiger partial charge in [-0.1, -0.05) is 6.07 Å². The first-order chi connectivity index (χ1) is 11.7. The van der Waals surface area contributed by atoms with Crippen LogP contribution in [-0.4, -0.2) is 50.1 Å². The fourth-order valence-corrected chi connectivity index (χ4v) is 3.61. The van der Waals surface area contributed by atoms with Gasteiger partial charge in [-0.2, -0.15) is 0 Å². The van der Waals surface area contributed by atoms with E-state index in [1.807, 2.05) is 7.05 Å². The van der Waals surface area contributed by atoms with Crippen molar-refractivity contribution in [2.24, 2.45) is 4.99 Å². The Hall–Kier alpha value is -0.830. The lowest BCUT2D eigenvalue weighted by Crippen LogP contribution is -2.40. The number of thiophene rings is 1. The molecule has 1 fully saturated rings. The highest BCUT2D eigenvalue weighted by atomic mass is 127. The van der Waals surface area contributed by atoms with Crippen molar-refractivity contribution in [1.29, 1.82) is 0 Å². The SMILES string of the molecule is CN=C(NCCCC(=O)OC1CCCC1)N(C)CCc1cccs1.I. The molecule has 2 rings (SSSR count). The summed E-state index contributed by atoms with van der Waals surface area (Å²) in [6.45, 7) is 1.65. The van der Waals surface area contributed by atoms with Crippen molar-refractivity contribution >= 4 is 47.2 Å². The standard InChI is InChI=1S/C18H29N3O2S.HI/c1-19-18(21(2)13-11-16-9-6-14-24-16)20-12-5-10-17(22)23-15-7-3-4-8-15;/h6,9,14-15H,3-5,7-8,10-13H2,1-2H3,(H,19,20);1H. The molecule has 0 aliphatic heterocycles. The van der Waals surface area contributed by atoms with E-state index in [0.717, 1.165) is 44.7 Å². The molecule has 1 saturated carbocycles. The smallest absolute Gasteiger partial charge is 0.306 e. The van der Waals surface area contributed by atoms with Gasteiger partial charge < -0.3 is 15.0 Å². The highest BCUT2D eigenvalue weighted by Crippen LogP contribution is 2.21. The average Bonchev–Trinajstić information content (AvgIpc) is 3.26. The summed E-state index contributed by atoms with van der Waals surface area (Å²) < 4.78 is 5.47. The number of halogens is 1. The molecule has 1 N–H and O–H groups in total. The summed E-state index contributed by atoms with van der Waals surface area (Å²) in [5.41, 5.74) is 0. The van der Waals surface area contributed by atoms with E-state index in [9.17, 15) is 4.79 Å². The fourth-order valence-electron chi connectivity index (χ4n) is 2.91. The number of carbonyl (C=O) groups is 1. The van der Waals surface area contributed by atoms with Crippen molar-refractivity contribution in [2.45, 2.75) is 51.0 Å². The van der Waals surface area contributed by atoms with Gasteiger partial charge in [-0.05, 0) is 50.0 Å². The van der Waals surface area contributed by atoms with Gasteiger partial charge in [-0.3, -0.25) is 9.79 Å². The van der Waals surface area contributed by atoms with Crippen LogP contribution in [-0.2, 0) is 16.0 Å². The maximum Gasteiger partial charge on any atom is 0.306 e. The molecule has 25 heavy (non-hydrogen) atoms. The first-order valence-electron chi connectivity index (χ1n) is 8.82. The Kier molecular flexibility index (Phi) is 11.1. The van der Waals surface area contributed by atoms with Crippen LogP contribution in [0.4, 0.5) is 0 Å². The van der Waals surface area contributed by atoms with Gasteiger partial charge in [0.05, 0.1) is 0 Å². The summed E-state index contributed by atoms with van der Waals surface area (Å²) in [6, 6.07) is 4.24. The summed E-state index contributed by atoms with van der Waals surface area (Å²) in [6.07, 6.45) is 6.87. The van der Waals surface area contributed by atoms with Gasteiger partial charge in [-0.25, -0.2) is 0 Å². The topological polar surface area (TPSA) is 53.9 Å². The third kappa shape index (κ3) is 8.40. The number of ether oxygens (including phenoxy) is 1. The maximum absolute atomic E-state index is 11.8. The number of nitrogens with zero attached hydrogens (tertiary/aromatic N) is 2. The van der Waals surface area contributed by atoms with Crippen LogP contribution >= 0.6 is 35.3 Å². The van der Waals surface area contributed by atoms with Crippen molar-refractivity contribution in [3.05, 3.63) is 22.4 Å². The van der Waals surface area contributed by atoms with E-state index in [0.29, 0.717) is 6.42 Å². The largest absolute Gasteiger partial charge is 0.462 e. The minimum absolute atomic E-state index is 0. The predicted octanol–water partition coefficient (Wildman–Crippen LogP) is 3.68. The number of nitrogens with one attached hydrogen (secondary N) is 1. The number of rotatable bonds is 8. The van der Waals surface area contributed by atoms with Gasteiger partial charge >= 0.3 is 5.97 Å². The van der Waals surface area contributed by atoms with Crippen molar-refractivity contribution in [2.75, 3.05) is 27.2 Å². The second kappa shape index (κ2) is 12.5. The second-order valence-electron chi connectivity index (χ2n) is 6.22. The number of carbonyl (C=O) groups excluding carboxylic acids is 1.